The van der Waals surface area contributed by atoms with Crippen molar-refractivity contribution in [1.82, 2.24) is 0 Å². The lowest BCUT2D eigenvalue weighted by Crippen LogP contribution is -2.20. The molecule has 2 aromatic carbocycles. The topological polar surface area (TPSA) is 85.9 Å². The molecule has 0 aliphatic rings. The molecule has 3 N–H and O–H groups in total. The molecule has 0 aliphatic carbocycles. The van der Waals surface area contributed by atoms with Crippen molar-refractivity contribution in [1.29, 1.82) is 0 Å². The van der Waals surface area contributed by atoms with Crippen molar-refractivity contribution < 1.29 is 27.4 Å². The van der Waals surface area contributed by atoms with Gasteiger partial charge < -0.3 is 15.2 Å². The minimum Gasteiger partial charge on any atom is -0.493 e. The van der Waals surface area contributed by atoms with Gasteiger partial charge in [-0.1, -0.05) is 6.07 Å². The lowest BCUT2D eigenvalue weighted by molar-refractivity contribution is -0.137. The number of nitrogens with one attached hydrogen (secondary N) is 1. The van der Waals surface area contributed by atoms with Gasteiger partial charge in [0.15, 0.2) is 18.1 Å². The summed E-state index contributed by atoms with van der Waals surface area (Å²) < 4.78 is 49.1. The second kappa shape index (κ2) is 8.76. The fourth-order valence-electron chi connectivity index (χ4n) is 2.04. The third kappa shape index (κ3) is 5.88. The van der Waals surface area contributed by atoms with Crippen LogP contribution in [0, 0.1) is 0 Å². The molecule has 0 fully saturated rings. The average molecular weight is 446 g/mol. The van der Waals surface area contributed by atoms with Crippen molar-refractivity contribution in [3.8, 4) is 11.5 Å². The molecule has 27 heavy (non-hydrogen) atoms. The molecule has 0 spiro atoms. The van der Waals surface area contributed by atoms with E-state index in [0.29, 0.717) is 21.5 Å². The number of methoxy groups -OCH3 is 1. The number of primary amides is 1. The van der Waals surface area contributed by atoms with E-state index in [0.717, 1.165) is 12.1 Å². The van der Waals surface area contributed by atoms with Crippen LogP contribution >= 0.6 is 15.9 Å². The number of amides is 1. The van der Waals surface area contributed by atoms with E-state index in [4.69, 9.17) is 15.2 Å². The van der Waals surface area contributed by atoms with Crippen LogP contribution in [0.25, 0.3) is 0 Å². The molecule has 0 bridgehead atoms. The normalized spacial score (nSPS) is 11.4. The van der Waals surface area contributed by atoms with Crippen molar-refractivity contribution in [3.63, 3.8) is 0 Å². The summed E-state index contributed by atoms with van der Waals surface area (Å²) >= 11 is 3.29. The van der Waals surface area contributed by atoms with E-state index in [9.17, 15) is 18.0 Å². The molecule has 10 heteroatoms. The molecule has 0 atom stereocenters. The first kappa shape index (κ1) is 20.6. The van der Waals surface area contributed by atoms with Gasteiger partial charge in [-0.25, -0.2) is 0 Å². The van der Waals surface area contributed by atoms with Crippen molar-refractivity contribution in [2.75, 3.05) is 19.1 Å². The minimum atomic E-state index is -4.43. The number of anilines is 1. The molecule has 2 aromatic rings. The average Bonchev–Trinajstić information content (AvgIpc) is 2.59. The molecule has 0 saturated heterocycles. The highest BCUT2D eigenvalue weighted by Crippen LogP contribution is 2.36. The second-order valence-corrected chi connectivity index (χ2v) is 6.09. The highest BCUT2D eigenvalue weighted by molar-refractivity contribution is 9.10. The summed E-state index contributed by atoms with van der Waals surface area (Å²) in [4.78, 5) is 10.9. The molecule has 0 aliphatic heterocycles. The Bertz CT molecular complexity index is 857. The van der Waals surface area contributed by atoms with Crippen LogP contribution in [0.3, 0.4) is 0 Å². The Balaban J connectivity index is 2.15. The predicted octanol–water partition coefficient (Wildman–Crippen LogP) is 3.79. The molecule has 0 heterocycles. The Morgan fingerprint density at radius 1 is 1.33 bits per heavy atom. The second-order valence-electron chi connectivity index (χ2n) is 5.24. The molecule has 0 aromatic heterocycles. The van der Waals surface area contributed by atoms with Gasteiger partial charge >= 0.3 is 6.18 Å². The van der Waals surface area contributed by atoms with Crippen LogP contribution in [-0.2, 0) is 11.0 Å². The monoisotopic (exact) mass is 445 g/mol. The Morgan fingerprint density at radius 2 is 2.07 bits per heavy atom. The first-order chi connectivity index (χ1) is 12.7. The first-order valence-electron chi connectivity index (χ1n) is 7.45. The van der Waals surface area contributed by atoms with Gasteiger partial charge in [-0.3, -0.25) is 10.2 Å². The van der Waals surface area contributed by atoms with Crippen LogP contribution < -0.4 is 20.6 Å². The van der Waals surface area contributed by atoms with Crippen LogP contribution in [0.15, 0.2) is 46.0 Å². The summed E-state index contributed by atoms with van der Waals surface area (Å²) in [5.41, 5.74) is 7.58. The van der Waals surface area contributed by atoms with Crippen molar-refractivity contribution in [2.45, 2.75) is 6.18 Å². The van der Waals surface area contributed by atoms with E-state index in [1.54, 1.807) is 12.1 Å². The molecule has 0 saturated carbocycles. The van der Waals surface area contributed by atoms with Gasteiger partial charge in [0.1, 0.15) is 0 Å². The number of ether oxygens (including phenoxy) is 2. The van der Waals surface area contributed by atoms with Crippen molar-refractivity contribution >= 4 is 33.7 Å². The lowest BCUT2D eigenvalue weighted by atomic mass is 10.2. The maximum Gasteiger partial charge on any atom is 0.416 e. The Kier molecular flexibility index (Phi) is 6.67. The number of nitrogens with two attached hydrogens (primary N) is 1. The van der Waals surface area contributed by atoms with Gasteiger partial charge in [0.25, 0.3) is 5.91 Å². The highest BCUT2D eigenvalue weighted by atomic mass is 79.9. The van der Waals surface area contributed by atoms with Crippen LogP contribution in [0.1, 0.15) is 11.1 Å². The van der Waals surface area contributed by atoms with Crippen LogP contribution in [0.4, 0.5) is 18.9 Å². The van der Waals surface area contributed by atoms with Crippen LogP contribution in [0.2, 0.25) is 0 Å². The quantitative estimate of drug-likeness (QED) is 0.501. The van der Waals surface area contributed by atoms with E-state index in [2.05, 4.69) is 26.5 Å². The van der Waals surface area contributed by atoms with Gasteiger partial charge in [-0.2, -0.15) is 18.3 Å². The van der Waals surface area contributed by atoms with Crippen LogP contribution in [-0.4, -0.2) is 25.8 Å². The third-order valence-corrected chi connectivity index (χ3v) is 3.80. The van der Waals surface area contributed by atoms with Gasteiger partial charge in [0, 0.05) is 0 Å². The van der Waals surface area contributed by atoms with Gasteiger partial charge in [0.05, 0.1) is 29.0 Å². The molecule has 1 amide bonds. The molecule has 0 radical (unpaired) electrons. The smallest absolute Gasteiger partial charge is 0.416 e. The van der Waals surface area contributed by atoms with Gasteiger partial charge in [-0.05, 0) is 51.8 Å². The Hall–Kier alpha value is -2.75. The number of hydrazone groups is 1. The number of carbonyl (C=O) groups is 1. The zero-order valence-corrected chi connectivity index (χ0v) is 15.6. The Labute approximate surface area is 161 Å². The zero-order chi connectivity index (χ0) is 20.0. The van der Waals surface area contributed by atoms with E-state index in [1.807, 2.05) is 0 Å². The first-order valence-corrected chi connectivity index (χ1v) is 8.25. The highest BCUT2D eigenvalue weighted by Gasteiger charge is 2.30. The van der Waals surface area contributed by atoms with E-state index >= 15 is 0 Å². The van der Waals surface area contributed by atoms with Crippen molar-refractivity contribution in [3.05, 3.63) is 52.0 Å². The largest absolute Gasteiger partial charge is 0.493 e. The molecule has 6 nitrogen and oxygen atoms in total. The summed E-state index contributed by atoms with van der Waals surface area (Å²) in [5.74, 6) is -0.0229. The van der Waals surface area contributed by atoms with Crippen molar-refractivity contribution in [2.24, 2.45) is 10.8 Å². The van der Waals surface area contributed by atoms with E-state index in [-0.39, 0.29) is 12.3 Å². The van der Waals surface area contributed by atoms with Gasteiger partial charge in [0.2, 0.25) is 0 Å². The molecule has 2 rings (SSSR count). The number of benzene rings is 2. The number of alkyl halides is 3. The fraction of sp³-hybridized carbons (Fsp3) is 0.176. The molecule has 144 valence electrons. The third-order valence-electron chi connectivity index (χ3n) is 3.21. The summed E-state index contributed by atoms with van der Waals surface area (Å²) in [6, 6.07) is 7.89. The zero-order valence-electron chi connectivity index (χ0n) is 14.0. The molecule has 0 unspecified atom stereocenters. The molecular formula is C17H15BrF3N3O3. The SMILES string of the molecule is COc1cc(/C=N\Nc2cccc(C(F)(F)F)c2)cc(Br)c1OCC(N)=O. The maximum atomic E-state index is 12.7. The van der Waals surface area contributed by atoms with E-state index in [1.165, 1.54) is 25.5 Å². The Morgan fingerprint density at radius 3 is 2.70 bits per heavy atom. The standard InChI is InChI=1S/C17H15BrF3N3O3/c1-26-14-6-10(5-13(18)16(14)27-9-15(22)25)8-23-24-12-4-2-3-11(7-12)17(19,20)21/h2-8,24H,9H2,1H3,(H2,22,25)/b23-8-. The summed E-state index contributed by atoms with van der Waals surface area (Å²) in [5, 5.41) is 3.92. The maximum absolute atomic E-state index is 12.7. The number of halogens is 4. The summed E-state index contributed by atoms with van der Waals surface area (Å²) in [6.45, 7) is -0.320. The van der Waals surface area contributed by atoms with E-state index < -0.39 is 17.6 Å². The number of hydrogen-bond donors (Lipinski definition) is 2. The lowest BCUT2D eigenvalue weighted by Gasteiger charge is -2.12. The number of rotatable bonds is 7. The number of hydrogen-bond acceptors (Lipinski definition) is 5. The summed E-state index contributed by atoms with van der Waals surface area (Å²) in [7, 11) is 1.42. The minimum absolute atomic E-state index is 0.188. The summed E-state index contributed by atoms with van der Waals surface area (Å²) in [6.07, 6.45) is -3.04. The number of carbonyl (C=O) groups excluding carboxylic acids is 1. The van der Waals surface area contributed by atoms with Gasteiger partial charge in [-0.15, -0.1) is 0 Å². The predicted molar refractivity (Wildman–Crippen MR) is 98.0 cm³/mol. The number of nitrogens with zero attached hydrogens (tertiary/aromatic N) is 1. The molecular weight excluding hydrogens is 431 g/mol. The van der Waals surface area contributed by atoms with Crippen LogP contribution in [0.5, 0.6) is 11.5 Å². The fourth-order valence-corrected chi connectivity index (χ4v) is 2.62.